The normalized spacial score (nSPS) is 30.3. The molecule has 2 N–H and O–H groups in total. The van der Waals surface area contributed by atoms with E-state index in [9.17, 15) is 18.4 Å². The van der Waals surface area contributed by atoms with Crippen LogP contribution in [0.5, 0.6) is 0 Å². The van der Waals surface area contributed by atoms with E-state index in [2.05, 4.69) is 20.6 Å². The molecule has 5 rings (SSSR count). The molecule has 0 saturated heterocycles. The fourth-order valence-electron chi connectivity index (χ4n) is 4.99. The van der Waals surface area contributed by atoms with E-state index in [4.69, 9.17) is 0 Å². The molecular weight excluding hydrogens is 321 g/mol. The summed E-state index contributed by atoms with van der Waals surface area (Å²) in [6.45, 7) is 0. The van der Waals surface area contributed by atoms with Crippen molar-refractivity contribution in [3.05, 3.63) is 28.8 Å². The molecule has 2 unspecified atom stereocenters. The van der Waals surface area contributed by atoms with Gasteiger partial charge in [0.15, 0.2) is 0 Å². The maximum absolute atomic E-state index is 13.9. The number of alkyl halides is 3. The Kier molecular flexibility index (Phi) is 2.43. The van der Waals surface area contributed by atoms with Crippen molar-refractivity contribution in [1.29, 1.82) is 0 Å². The second-order valence-corrected chi connectivity index (χ2v) is 6.93. The standard InChI is InChI=1S/C16H13F3N4O/c17-16(18,19)12-11-8-1-2-10-14(21-23-20-10)9(8)6-15(11)4-3-7(5-15)13(12)22-24/h1-2,7,24H,3-6H2,(H,20,21,23). The van der Waals surface area contributed by atoms with Gasteiger partial charge in [0.1, 0.15) is 5.52 Å². The summed E-state index contributed by atoms with van der Waals surface area (Å²) in [5.74, 6) is -0.336. The van der Waals surface area contributed by atoms with Crippen molar-refractivity contribution in [2.24, 2.45) is 16.5 Å². The van der Waals surface area contributed by atoms with E-state index in [0.717, 1.165) is 11.1 Å². The Labute approximate surface area is 134 Å². The number of benzene rings is 1. The Morgan fingerprint density at radius 1 is 1.33 bits per heavy atom. The lowest BCUT2D eigenvalue weighted by molar-refractivity contribution is -0.0870. The second-order valence-electron chi connectivity index (χ2n) is 6.93. The van der Waals surface area contributed by atoms with Crippen LogP contribution in [0.2, 0.25) is 0 Å². The lowest BCUT2D eigenvalue weighted by Crippen LogP contribution is -2.34. The van der Waals surface area contributed by atoms with Crippen LogP contribution < -0.4 is 0 Å². The number of rotatable bonds is 0. The molecule has 0 aliphatic heterocycles. The van der Waals surface area contributed by atoms with Crippen molar-refractivity contribution < 1.29 is 18.4 Å². The molecular formula is C16H13F3N4O. The summed E-state index contributed by atoms with van der Waals surface area (Å²) in [6.07, 6.45) is -2.14. The van der Waals surface area contributed by atoms with Gasteiger partial charge in [0.25, 0.3) is 0 Å². The molecule has 3 aliphatic rings. The van der Waals surface area contributed by atoms with Crippen LogP contribution in [0.1, 0.15) is 30.4 Å². The van der Waals surface area contributed by atoms with E-state index in [0.29, 0.717) is 36.8 Å². The molecule has 0 radical (unpaired) electrons. The van der Waals surface area contributed by atoms with Crippen LogP contribution in [0.25, 0.3) is 16.6 Å². The van der Waals surface area contributed by atoms with Crippen LogP contribution in [-0.4, -0.2) is 32.5 Å². The lowest BCUT2D eigenvalue weighted by Gasteiger charge is -2.34. The SMILES string of the molecule is ON=C1C(C(F)(F)F)=C2c3ccc4[nH]nnc4c3CC23CCC1C3. The summed E-state index contributed by atoms with van der Waals surface area (Å²) < 4.78 is 41.6. The Morgan fingerprint density at radius 3 is 2.92 bits per heavy atom. The van der Waals surface area contributed by atoms with Crippen molar-refractivity contribution >= 4 is 22.3 Å². The second kappa shape index (κ2) is 4.17. The smallest absolute Gasteiger partial charge is 0.411 e. The number of H-pyrrole nitrogens is 1. The lowest BCUT2D eigenvalue weighted by atomic mass is 9.70. The molecule has 0 amide bonds. The van der Waals surface area contributed by atoms with Crippen LogP contribution in [-0.2, 0) is 6.42 Å². The van der Waals surface area contributed by atoms with E-state index >= 15 is 0 Å². The fourth-order valence-corrected chi connectivity index (χ4v) is 4.99. The van der Waals surface area contributed by atoms with Gasteiger partial charge in [0.05, 0.1) is 16.8 Å². The molecule has 1 spiro atoms. The number of nitrogens with zero attached hydrogens (tertiary/aromatic N) is 3. The van der Waals surface area contributed by atoms with Gasteiger partial charge in [-0.1, -0.05) is 16.4 Å². The van der Waals surface area contributed by atoms with Crippen LogP contribution in [0.3, 0.4) is 0 Å². The van der Waals surface area contributed by atoms with Crippen LogP contribution in [0.4, 0.5) is 13.2 Å². The van der Waals surface area contributed by atoms with Crippen molar-refractivity contribution in [1.82, 2.24) is 15.4 Å². The molecule has 124 valence electrons. The number of aromatic amines is 1. The van der Waals surface area contributed by atoms with Gasteiger partial charge >= 0.3 is 6.18 Å². The Hall–Kier alpha value is -2.38. The molecule has 3 aliphatic carbocycles. The van der Waals surface area contributed by atoms with E-state index in [1.165, 1.54) is 0 Å². The van der Waals surface area contributed by atoms with Crippen molar-refractivity contribution in [3.8, 4) is 0 Å². The molecule has 2 aromatic rings. The van der Waals surface area contributed by atoms with Crippen molar-refractivity contribution in [2.45, 2.75) is 31.9 Å². The predicted molar refractivity (Wildman–Crippen MR) is 79.6 cm³/mol. The quantitative estimate of drug-likeness (QED) is 0.572. The van der Waals surface area contributed by atoms with Crippen LogP contribution >= 0.6 is 0 Å². The maximum atomic E-state index is 13.9. The largest absolute Gasteiger partial charge is 0.418 e. The zero-order valence-electron chi connectivity index (χ0n) is 12.5. The molecule has 8 heteroatoms. The van der Waals surface area contributed by atoms with Gasteiger partial charge in [0.2, 0.25) is 0 Å². The molecule has 1 aromatic carbocycles. The number of allylic oxidation sites excluding steroid dienone is 2. The van der Waals surface area contributed by atoms with Gasteiger partial charge in [-0.25, -0.2) is 0 Å². The molecule has 1 saturated carbocycles. The van der Waals surface area contributed by atoms with Gasteiger partial charge in [-0.2, -0.15) is 13.2 Å². The molecule has 5 nitrogen and oxygen atoms in total. The molecule has 2 bridgehead atoms. The number of halogens is 3. The highest BCUT2D eigenvalue weighted by molar-refractivity contribution is 6.13. The summed E-state index contributed by atoms with van der Waals surface area (Å²) in [7, 11) is 0. The first kappa shape index (κ1) is 14.0. The highest BCUT2D eigenvalue weighted by Crippen LogP contribution is 2.64. The Morgan fingerprint density at radius 2 is 2.17 bits per heavy atom. The first-order valence-electron chi connectivity index (χ1n) is 7.82. The minimum Gasteiger partial charge on any atom is -0.411 e. The summed E-state index contributed by atoms with van der Waals surface area (Å²) in [5, 5.41) is 22.9. The third kappa shape index (κ3) is 1.53. The monoisotopic (exact) mass is 334 g/mol. The first-order valence-corrected chi connectivity index (χ1v) is 7.82. The highest BCUT2D eigenvalue weighted by Gasteiger charge is 2.59. The van der Waals surface area contributed by atoms with Gasteiger partial charge in [-0.05, 0) is 48.4 Å². The summed E-state index contributed by atoms with van der Waals surface area (Å²) in [6, 6.07) is 3.42. The zero-order valence-corrected chi connectivity index (χ0v) is 12.5. The Balaban J connectivity index is 1.90. The molecule has 1 aromatic heterocycles. The minimum absolute atomic E-state index is 0.210. The minimum atomic E-state index is -4.55. The number of hydrogen-bond acceptors (Lipinski definition) is 4. The van der Waals surface area contributed by atoms with E-state index in [1.54, 1.807) is 12.1 Å². The summed E-state index contributed by atoms with van der Waals surface area (Å²) in [4.78, 5) is 0. The van der Waals surface area contributed by atoms with E-state index < -0.39 is 17.2 Å². The van der Waals surface area contributed by atoms with Gasteiger partial charge in [-0.3, -0.25) is 5.10 Å². The van der Waals surface area contributed by atoms with Crippen LogP contribution in [0, 0.1) is 11.3 Å². The topological polar surface area (TPSA) is 74.2 Å². The zero-order chi connectivity index (χ0) is 16.7. The third-order valence-corrected chi connectivity index (χ3v) is 5.81. The molecule has 1 fully saturated rings. The fraction of sp³-hybridized carbons (Fsp3) is 0.438. The Bertz CT molecular complexity index is 942. The number of nitrogens with one attached hydrogen (secondary N) is 1. The molecule has 24 heavy (non-hydrogen) atoms. The van der Waals surface area contributed by atoms with Crippen molar-refractivity contribution in [3.63, 3.8) is 0 Å². The van der Waals surface area contributed by atoms with E-state index in [1.807, 2.05) is 0 Å². The number of hydrogen-bond donors (Lipinski definition) is 2. The maximum Gasteiger partial charge on any atom is 0.418 e. The number of oxime groups is 1. The van der Waals surface area contributed by atoms with Gasteiger partial charge < -0.3 is 5.21 Å². The first-order chi connectivity index (χ1) is 11.4. The van der Waals surface area contributed by atoms with Crippen molar-refractivity contribution in [2.75, 3.05) is 0 Å². The average Bonchev–Trinajstić information content (AvgIpc) is 3.21. The highest BCUT2D eigenvalue weighted by atomic mass is 19.4. The molecule has 2 atom stereocenters. The summed E-state index contributed by atoms with van der Waals surface area (Å²) in [5.41, 5.74) is 1.55. The van der Waals surface area contributed by atoms with Crippen LogP contribution in [0.15, 0.2) is 22.9 Å². The predicted octanol–water partition coefficient (Wildman–Crippen LogP) is 3.46. The summed E-state index contributed by atoms with van der Waals surface area (Å²) >= 11 is 0. The van der Waals surface area contributed by atoms with Gasteiger partial charge in [0, 0.05) is 11.3 Å². The van der Waals surface area contributed by atoms with E-state index in [-0.39, 0.29) is 17.2 Å². The van der Waals surface area contributed by atoms with Gasteiger partial charge in [-0.15, -0.1) is 5.10 Å². The average molecular weight is 334 g/mol. The third-order valence-electron chi connectivity index (χ3n) is 5.81. The number of aromatic nitrogens is 3. The molecule has 1 heterocycles. The number of fused-ring (bicyclic) bond motifs is 5.